The minimum Gasteiger partial charge on any atom is -0.490 e. The van der Waals surface area contributed by atoms with Crippen LogP contribution in [0.2, 0.25) is 5.02 Å². The number of nitro benzene ring substituents is 1. The summed E-state index contributed by atoms with van der Waals surface area (Å²) in [5.41, 5.74) is -0.0210. The Morgan fingerprint density at radius 1 is 0.962 bits per heavy atom. The van der Waals surface area contributed by atoms with E-state index < -0.39 is 10.5 Å². The highest BCUT2D eigenvalue weighted by atomic mass is 35.5. The fourth-order valence-corrected chi connectivity index (χ4v) is 3.05. The number of nitrogens with zero attached hydrogens (tertiary/aromatic N) is 1. The van der Waals surface area contributed by atoms with Gasteiger partial charge in [-0.2, -0.15) is 0 Å². The van der Waals surface area contributed by atoms with Crippen molar-refractivity contribution in [3.05, 3.63) is 105 Å². The molecule has 3 rings (SSSR count). The van der Waals surface area contributed by atoms with Crippen molar-refractivity contribution < 1.29 is 14.8 Å². The van der Waals surface area contributed by atoms with Crippen LogP contribution in [0.3, 0.4) is 0 Å². The van der Waals surface area contributed by atoms with Crippen molar-refractivity contribution in [1.82, 2.24) is 0 Å². The van der Waals surface area contributed by atoms with Crippen LogP contribution in [-0.2, 0) is 5.60 Å². The first-order chi connectivity index (χ1) is 12.5. The zero-order chi connectivity index (χ0) is 18.7. The number of ether oxygens (including phenoxy) is 1. The van der Waals surface area contributed by atoms with Crippen LogP contribution in [0.15, 0.2) is 72.8 Å². The molecule has 0 aliphatic carbocycles. The molecular weight excluding hydrogens is 354 g/mol. The van der Waals surface area contributed by atoms with Crippen molar-refractivity contribution in [2.45, 2.75) is 5.60 Å². The van der Waals surface area contributed by atoms with Crippen molar-refractivity contribution in [2.24, 2.45) is 0 Å². The van der Waals surface area contributed by atoms with E-state index in [1.807, 2.05) is 18.2 Å². The first kappa shape index (κ1) is 17.9. The van der Waals surface area contributed by atoms with Gasteiger partial charge in [0.1, 0.15) is 5.60 Å². The Morgan fingerprint density at radius 3 is 2.12 bits per heavy atom. The van der Waals surface area contributed by atoms with E-state index in [2.05, 4.69) is 0 Å². The summed E-state index contributed by atoms with van der Waals surface area (Å²) in [5.74, 6) is 0.0795. The number of hydrogen-bond donors (Lipinski definition) is 1. The fourth-order valence-electron chi connectivity index (χ4n) is 2.92. The molecule has 1 N–H and O–H groups in total. The molecule has 5 nitrogen and oxygen atoms in total. The standard InChI is InChI=1S/C20H16ClNO4/c1-26-19-13-16(9-12-18(19)22(24)25)20(23,14-5-3-2-4-6-14)15-7-10-17(21)11-8-15/h2-13,23H,1H3. The molecule has 0 bridgehead atoms. The quantitative estimate of drug-likeness (QED) is 0.407. The van der Waals surface area contributed by atoms with Gasteiger partial charge in [0.05, 0.1) is 12.0 Å². The maximum absolute atomic E-state index is 11.7. The van der Waals surface area contributed by atoms with Crippen LogP contribution in [0.4, 0.5) is 5.69 Å². The summed E-state index contributed by atoms with van der Waals surface area (Å²) < 4.78 is 5.16. The van der Waals surface area contributed by atoms with Crippen LogP contribution >= 0.6 is 11.6 Å². The maximum Gasteiger partial charge on any atom is 0.310 e. The average molecular weight is 370 g/mol. The van der Waals surface area contributed by atoms with Crippen molar-refractivity contribution in [3.63, 3.8) is 0 Å². The lowest BCUT2D eigenvalue weighted by Crippen LogP contribution is -2.28. The highest BCUT2D eigenvalue weighted by Crippen LogP contribution is 2.40. The minimum absolute atomic E-state index is 0.0795. The maximum atomic E-state index is 11.7. The number of nitro groups is 1. The van der Waals surface area contributed by atoms with Crippen LogP contribution in [0.5, 0.6) is 5.75 Å². The van der Waals surface area contributed by atoms with E-state index in [-0.39, 0.29) is 11.4 Å². The van der Waals surface area contributed by atoms with Gasteiger partial charge in [-0.3, -0.25) is 10.1 Å². The van der Waals surface area contributed by atoms with Gasteiger partial charge in [-0.05, 0) is 41.0 Å². The van der Waals surface area contributed by atoms with Gasteiger partial charge in [0, 0.05) is 11.1 Å². The molecular formula is C20H16ClNO4. The summed E-state index contributed by atoms with van der Waals surface area (Å²) in [7, 11) is 1.36. The molecule has 132 valence electrons. The number of methoxy groups -OCH3 is 1. The van der Waals surface area contributed by atoms with Crippen molar-refractivity contribution in [1.29, 1.82) is 0 Å². The largest absolute Gasteiger partial charge is 0.490 e. The summed E-state index contributed by atoms with van der Waals surface area (Å²) in [6.07, 6.45) is 0. The number of rotatable bonds is 5. The molecule has 0 aliphatic rings. The van der Waals surface area contributed by atoms with Crippen LogP contribution in [0, 0.1) is 10.1 Å². The second-order valence-electron chi connectivity index (χ2n) is 5.73. The molecule has 3 aromatic rings. The Morgan fingerprint density at radius 2 is 1.54 bits per heavy atom. The Bertz CT molecular complexity index is 928. The molecule has 0 spiro atoms. The van der Waals surface area contributed by atoms with Gasteiger partial charge in [0.15, 0.2) is 5.75 Å². The topological polar surface area (TPSA) is 72.6 Å². The van der Waals surface area contributed by atoms with Gasteiger partial charge in [-0.1, -0.05) is 54.1 Å². The molecule has 26 heavy (non-hydrogen) atoms. The van der Waals surface area contributed by atoms with Gasteiger partial charge in [0.25, 0.3) is 0 Å². The van der Waals surface area contributed by atoms with E-state index in [0.717, 1.165) is 0 Å². The number of hydrogen-bond acceptors (Lipinski definition) is 4. The molecule has 1 atom stereocenters. The third-order valence-electron chi connectivity index (χ3n) is 4.25. The fraction of sp³-hybridized carbons (Fsp3) is 0.100. The molecule has 0 aromatic heterocycles. The van der Waals surface area contributed by atoms with Gasteiger partial charge in [-0.25, -0.2) is 0 Å². The second kappa shape index (κ2) is 7.15. The summed E-state index contributed by atoms with van der Waals surface area (Å²) in [4.78, 5) is 10.6. The van der Waals surface area contributed by atoms with E-state index in [1.54, 1.807) is 36.4 Å². The summed E-state index contributed by atoms with van der Waals surface area (Å²) in [6, 6.07) is 20.2. The van der Waals surface area contributed by atoms with Crippen molar-refractivity contribution in [3.8, 4) is 5.75 Å². The van der Waals surface area contributed by atoms with Crippen LogP contribution < -0.4 is 4.74 Å². The molecule has 0 aliphatic heterocycles. The third-order valence-corrected chi connectivity index (χ3v) is 4.50. The molecule has 0 amide bonds. The number of benzene rings is 3. The molecule has 0 heterocycles. The average Bonchev–Trinajstić information content (AvgIpc) is 2.68. The molecule has 3 aromatic carbocycles. The molecule has 1 unspecified atom stereocenters. The molecule has 6 heteroatoms. The van der Waals surface area contributed by atoms with Crippen LogP contribution in [0.25, 0.3) is 0 Å². The van der Waals surface area contributed by atoms with E-state index >= 15 is 0 Å². The Labute approximate surface area is 155 Å². The normalized spacial score (nSPS) is 13.0. The predicted molar refractivity (Wildman–Crippen MR) is 99.6 cm³/mol. The third kappa shape index (κ3) is 3.14. The van der Waals surface area contributed by atoms with Gasteiger partial charge in [0.2, 0.25) is 0 Å². The monoisotopic (exact) mass is 369 g/mol. The van der Waals surface area contributed by atoms with Gasteiger partial charge >= 0.3 is 5.69 Å². The first-order valence-electron chi connectivity index (χ1n) is 7.83. The Balaban J connectivity index is 2.25. The Kier molecular flexibility index (Phi) is 4.93. The Hall–Kier alpha value is -2.89. The van der Waals surface area contributed by atoms with Crippen LogP contribution in [-0.4, -0.2) is 17.1 Å². The smallest absolute Gasteiger partial charge is 0.310 e. The van der Waals surface area contributed by atoms with Gasteiger partial charge in [-0.15, -0.1) is 0 Å². The minimum atomic E-state index is -1.52. The highest BCUT2D eigenvalue weighted by molar-refractivity contribution is 6.30. The lowest BCUT2D eigenvalue weighted by molar-refractivity contribution is -0.385. The van der Waals surface area contributed by atoms with Crippen molar-refractivity contribution in [2.75, 3.05) is 7.11 Å². The van der Waals surface area contributed by atoms with Gasteiger partial charge < -0.3 is 9.84 Å². The summed E-state index contributed by atoms with van der Waals surface area (Å²) >= 11 is 5.98. The van der Waals surface area contributed by atoms with E-state index in [0.29, 0.717) is 21.7 Å². The zero-order valence-electron chi connectivity index (χ0n) is 13.9. The first-order valence-corrected chi connectivity index (χ1v) is 8.21. The zero-order valence-corrected chi connectivity index (χ0v) is 14.7. The lowest BCUT2D eigenvalue weighted by atomic mass is 9.80. The predicted octanol–water partition coefficient (Wildman–Crippen LogP) is 4.54. The second-order valence-corrected chi connectivity index (χ2v) is 6.16. The number of aliphatic hydroxyl groups is 1. The van der Waals surface area contributed by atoms with E-state index in [1.165, 1.54) is 25.3 Å². The van der Waals surface area contributed by atoms with Crippen LogP contribution in [0.1, 0.15) is 16.7 Å². The molecule has 0 radical (unpaired) electrons. The van der Waals surface area contributed by atoms with E-state index in [9.17, 15) is 15.2 Å². The lowest BCUT2D eigenvalue weighted by Gasteiger charge is -2.30. The number of halogens is 1. The summed E-state index contributed by atoms with van der Waals surface area (Å²) in [6.45, 7) is 0. The molecule has 0 fully saturated rings. The molecule has 0 saturated carbocycles. The molecule has 0 saturated heterocycles. The highest BCUT2D eigenvalue weighted by Gasteiger charge is 2.35. The summed E-state index contributed by atoms with van der Waals surface area (Å²) in [5, 5.41) is 23.4. The van der Waals surface area contributed by atoms with Crippen molar-refractivity contribution >= 4 is 17.3 Å². The SMILES string of the molecule is COc1cc(C(O)(c2ccccc2)c2ccc(Cl)cc2)ccc1[N+](=O)[O-]. The van der Waals surface area contributed by atoms with E-state index in [4.69, 9.17) is 16.3 Å².